The van der Waals surface area contributed by atoms with E-state index in [4.69, 9.17) is 11.1 Å². The van der Waals surface area contributed by atoms with Crippen molar-refractivity contribution < 1.29 is 0 Å². The van der Waals surface area contributed by atoms with E-state index < -0.39 is 0 Å². The highest BCUT2D eigenvalue weighted by Crippen LogP contribution is 2.10. The highest BCUT2D eigenvalue weighted by Gasteiger charge is 2.11. The van der Waals surface area contributed by atoms with Crippen LogP contribution >= 0.6 is 0 Å². The Morgan fingerprint density at radius 2 is 2.35 bits per heavy atom. The van der Waals surface area contributed by atoms with Crippen LogP contribution in [0.25, 0.3) is 5.65 Å². The van der Waals surface area contributed by atoms with Gasteiger partial charge in [0.05, 0.1) is 5.84 Å². The second-order valence-corrected chi connectivity index (χ2v) is 3.95. The van der Waals surface area contributed by atoms with Gasteiger partial charge in [-0.2, -0.15) is 0 Å². The number of anilines is 1. The maximum Gasteiger partial charge on any atom is 0.200 e. The molecule has 2 aromatic rings. The van der Waals surface area contributed by atoms with Gasteiger partial charge in [-0.25, -0.2) is 0 Å². The van der Waals surface area contributed by atoms with Crippen LogP contribution in [0, 0.1) is 11.3 Å². The summed E-state index contributed by atoms with van der Waals surface area (Å²) in [5, 5.41) is 22.6. The average molecular weight is 234 g/mol. The number of aromatic nitrogens is 5. The number of hydrogen-bond acceptors (Lipinski definition) is 6. The van der Waals surface area contributed by atoms with E-state index in [9.17, 15) is 0 Å². The van der Waals surface area contributed by atoms with Crippen LogP contribution in [0.5, 0.6) is 0 Å². The molecule has 0 aliphatic carbocycles. The molecule has 0 amide bonds. The Bertz CT molecular complexity index is 533. The summed E-state index contributed by atoms with van der Waals surface area (Å²) in [5.74, 6) is 0.879. The van der Waals surface area contributed by atoms with E-state index >= 15 is 0 Å². The van der Waals surface area contributed by atoms with Gasteiger partial charge in [0.15, 0.2) is 11.5 Å². The second-order valence-electron chi connectivity index (χ2n) is 3.95. The van der Waals surface area contributed by atoms with Gasteiger partial charge >= 0.3 is 0 Å². The lowest BCUT2D eigenvalue weighted by atomic mass is 10.1. The van der Waals surface area contributed by atoms with Crippen molar-refractivity contribution in [3.8, 4) is 0 Å². The molecule has 0 aliphatic heterocycles. The third kappa shape index (κ3) is 2.30. The van der Waals surface area contributed by atoms with Gasteiger partial charge in [0.1, 0.15) is 0 Å². The number of amidine groups is 1. The Hall–Kier alpha value is -2.25. The van der Waals surface area contributed by atoms with Gasteiger partial charge < -0.3 is 10.6 Å². The van der Waals surface area contributed by atoms with Gasteiger partial charge in [-0.3, -0.25) is 5.41 Å². The van der Waals surface area contributed by atoms with Gasteiger partial charge in [-0.1, -0.05) is 6.92 Å². The fraction of sp³-hybridized carbons (Fsp3) is 0.444. The normalized spacial score (nSPS) is 12.6. The molecule has 3 N–H and O–H groups in total. The molecule has 0 saturated carbocycles. The molecular weight excluding hydrogens is 220 g/mol. The van der Waals surface area contributed by atoms with Crippen molar-refractivity contribution in [1.82, 2.24) is 25.3 Å². The zero-order valence-corrected chi connectivity index (χ0v) is 9.70. The summed E-state index contributed by atoms with van der Waals surface area (Å²) in [7, 11) is 1.89. The third-order valence-electron chi connectivity index (χ3n) is 2.53. The highest BCUT2D eigenvalue weighted by atomic mass is 15.6. The first-order chi connectivity index (χ1) is 8.08. The van der Waals surface area contributed by atoms with E-state index in [-0.39, 0.29) is 11.8 Å². The lowest BCUT2D eigenvalue weighted by Crippen LogP contribution is -2.32. The maximum atomic E-state index is 7.36. The van der Waals surface area contributed by atoms with Crippen LogP contribution in [0.4, 0.5) is 5.82 Å². The topological polar surface area (TPSA) is 109 Å². The Morgan fingerprint density at radius 3 is 3.06 bits per heavy atom. The van der Waals surface area contributed by atoms with Gasteiger partial charge in [-0.05, 0) is 22.6 Å². The lowest BCUT2D eigenvalue weighted by Gasteiger charge is -2.21. The van der Waals surface area contributed by atoms with Crippen molar-refractivity contribution in [2.75, 3.05) is 18.5 Å². The van der Waals surface area contributed by atoms with Gasteiger partial charge in [0, 0.05) is 19.5 Å². The Morgan fingerprint density at radius 1 is 1.59 bits per heavy atom. The van der Waals surface area contributed by atoms with E-state index in [2.05, 4.69) is 20.6 Å². The molecule has 0 spiro atoms. The molecular formula is C9H14N8. The van der Waals surface area contributed by atoms with Crippen molar-refractivity contribution in [3.05, 3.63) is 12.1 Å². The number of tetrazole rings is 1. The summed E-state index contributed by atoms with van der Waals surface area (Å²) in [6, 6.07) is 3.62. The quantitative estimate of drug-likeness (QED) is 0.546. The minimum Gasteiger partial charge on any atom is -0.387 e. The fourth-order valence-corrected chi connectivity index (χ4v) is 1.45. The summed E-state index contributed by atoms with van der Waals surface area (Å²) in [6.07, 6.45) is 0. The molecule has 2 rings (SSSR count). The van der Waals surface area contributed by atoms with Crippen molar-refractivity contribution in [2.45, 2.75) is 6.92 Å². The fourth-order valence-electron chi connectivity index (χ4n) is 1.45. The maximum absolute atomic E-state index is 7.36. The number of fused-ring (bicyclic) bond motifs is 1. The molecule has 0 saturated heterocycles. The van der Waals surface area contributed by atoms with Crippen LogP contribution in [-0.4, -0.2) is 44.7 Å². The second kappa shape index (κ2) is 4.32. The number of rotatable bonds is 4. The van der Waals surface area contributed by atoms with Crippen LogP contribution in [0.1, 0.15) is 6.92 Å². The molecule has 0 radical (unpaired) electrons. The highest BCUT2D eigenvalue weighted by molar-refractivity contribution is 5.79. The molecule has 17 heavy (non-hydrogen) atoms. The van der Waals surface area contributed by atoms with Crippen LogP contribution < -0.4 is 10.6 Å². The first kappa shape index (κ1) is 11.2. The number of hydrogen-bond donors (Lipinski definition) is 2. The number of nitrogens with zero attached hydrogens (tertiary/aromatic N) is 6. The van der Waals surface area contributed by atoms with Crippen LogP contribution in [0.15, 0.2) is 12.1 Å². The van der Waals surface area contributed by atoms with Gasteiger partial charge in [-0.15, -0.1) is 14.8 Å². The molecule has 2 heterocycles. The molecule has 0 bridgehead atoms. The Labute approximate surface area is 97.9 Å². The number of nitrogens with two attached hydrogens (primary N) is 1. The van der Waals surface area contributed by atoms with E-state index in [1.165, 1.54) is 4.63 Å². The predicted octanol–water partition coefficient (Wildman–Crippen LogP) is -0.472. The first-order valence-electron chi connectivity index (χ1n) is 5.18. The first-order valence-corrected chi connectivity index (χ1v) is 5.18. The zero-order valence-electron chi connectivity index (χ0n) is 9.70. The Balaban J connectivity index is 2.18. The SMILES string of the molecule is CC(CN(C)c1ccc2nnnn2n1)C(=N)N. The van der Waals surface area contributed by atoms with Crippen LogP contribution in [-0.2, 0) is 0 Å². The monoisotopic (exact) mass is 234 g/mol. The molecule has 90 valence electrons. The van der Waals surface area contributed by atoms with Gasteiger partial charge in [0.25, 0.3) is 0 Å². The smallest absolute Gasteiger partial charge is 0.200 e. The van der Waals surface area contributed by atoms with Crippen LogP contribution in [0.3, 0.4) is 0 Å². The van der Waals surface area contributed by atoms with E-state index in [1.54, 1.807) is 6.07 Å². The molecule has 1 atom stereocenters. The molecule has 2 aromatic heterocycles. The van der Waals surface area contributed by atoms with Crippen molar-refractivity contribution in [2.24, 2.45) is 11.7 Å². The molecule has 8 heteroatoms. The molecule has 0 fully saturated rings. The van der Waals surface area contributed by atoms with Crippen LogP contribution in [0.2, 0.25) is 0 Å². The summed E-state index contributed by atoms with van der Waals surface area (Å²) < 4.78 is 1.37. The molecule has 8 nitrogen and oxygen atoms in total. The predicted molar refractivity (Wildman–Crippen MR) is 62.9 cm³/mol. The average Bonchev–Trinajstić information content (AvgIpc) is 2.75. The minimum atomic E-state index is -0.0219. The Kier molecular flexibility index (Phi) is 2.86. The third-order valence-corrected chi connectivity index (χ3v) is 2.53. The molecule has 0 aromatic carbocycles. The summed E-state index contributed by atoms with van der Waals surface area (Å²) >= 11 is 0. The standard InChI is InChI=1S/C9H14N8/c1-6(9(10)11)5-16(2)8-4-3-7-12-14-15-17(7)13-8/h3-4,6H,5H2,1-2H3,(H3,10,11). The zero-order chi connectivity index (χ0) is 12.4. The van der Waals surface area contributed by atoms with Crippen molar-refractivity contribution in [1.29, 1.82) is 5.41 Å². The van der Waals surface area contributed by atoms with Crippen molar-refractivity contribution in [3.63, 3.8) is 0 Å². The van der Waals surface area contributed by atoms with E-state index in [1.807, 2.05) is 24.9 Å². The molecule has 1 unspecified atom stereocenters. The minimum absolute atomic E-state index is 0.0219. The summed E-state index contributed by atoms with van der Waals surface area (Å²) in [4.78, 5) is 1.91. The lowest BCUT2D eigenvalue weighted by molar-refractivity contribution is 0.689. The molecule has 0 aliphatic rings. The summed E-state index contributed by atoms with van der Waals surface area (Å²) in [6.45, 7) is 2.52. The van der Waals surface area contributed by atoms with E-state index in [0.717, 1.165) is 5.82 Å². The summed E-state index contributed by atoms with van der Waals surface area (Å²) in [5.41, 5.74) is 6.03. The van der Waals surface area contributed by atoms with Crippen molar-refractivity contribution >= 4 is 17.3 Å². The number of nitrogens with one attached hydrogen (secondary N) is 1. The largest absolute Gasteiger partial charge is 0.387 e. The van der Waals surface area contributed by atoms with E-state index in [0.29, 0.717) is 12.2 Å². The van der Waals surface area contributed by atoms with Gasteiger partial charge in [0.2, 0.25) is 0 Å².